The first-order valence-electron chi connectivity index (χ1n) is 7.12. The minimum absolute atomic E-state index is 0.122. The lowest BCUT2D eigenvalue weighted by molar-refractivity contribution is -0.114. The van der Waals surface area contributed by atoms with Gasteiger partial charge >= 0.3 is 0 Å². The van der Waals surface area contributed by atoms with Crippen LogP contribution in [0, 0.1) is 0 Å². The zero-order valence-electron chi connectivity index (χ0n) is 13.1. The first kappa shape index (κ1) is 16.4. The van der Waals surface area contributed by atoms with Crippen molar-refractivity contribution in [3.8, 4) is 5.75 Å². The molecule has 0 spiro atoms. The highest BCUT2D eigenvalue weighted by molar-refractivity contribution is 5.95. The molecule has 0 heterocycles. The number of nitrogens with one attached hydrogen (secondary N) is 3. The quantitative estimate of drug-likeness (QED) is 0.763. The second kappa shape index (κ2) is 7.84. The average Bonchev–Trinajstić information content (AvgIpc) is 2.60. The van der Waals surface area contributed by atoms with Gasteiger partial charge in [0.25, 0.3) is 5.91 Å². The van der Waals surface area contributed by atoms with Crippen molar-refractivity contribution >= 4 is 23.2 Å². The van der Waals surface area contributed by atoms with E-state index in [0.717, 1.165) is 5.69 Å². The highest BCUT2D eigenvalue weighted by Gasteiger charge is 2.05. The molecule has 0 aliphatic rings. The minimum atomic E-state index is -0.173. The van der Waals surface area contributed by atoms with Crippen molar-refractivity contribution in [1.29, 1.82) is 0 Å². The lowest BCUT2D eigenvalue weighted by Crippen LogP contribution is -2.22. The Hall–Kier alpha value is -3.02. The van der Waals surface area contributed by atoms with Gasteiger partial charge in [0, 0.05) is 30.1 Å². The van der Waals surface area contributed by atoms with Crippen LogP contribution in [0.2, 0.25) is 0 Å². The fraction of sp³-hybridized carbons (Fsp3) is 0.176. The maximum atomic E-state index is 11.9. The smallest absolute Gasteiger partial charge is 0.251 e. The Labute approximate surface area is 134 Å². The summed E-state index contributed by atoms with van der Waals surface area (Å²) >= 11 is 0. The van der Waals surface area contributed by atoms with Crippen molar-refractivity contribution in [2.75, 3.05) is 31.3 Å². The molecule has 0 aromatic heterocycles. The van der Waals surface area contributed by atoms with E-state index in [1.54, 1.807) is 56.6 Å². The molecule has 2 rings (SSSR count). The first-order valence-corrected chi connectivity index (χ1v) is 7.12. The fourth-order valence-corrected chi connectivity index (χ4v) is 1.97. The zero-order chi connectivity index (χ0) is 16.7. The maximum Gasteiger partial charge on any atom is 0.251 e. The minimum Gasteiger partial charge on any atom is -0.497 e. The molecule has 0 unspecified atom stereocenters. The van der Waals surface area contributed by atoms with Gasteiger partial charge in [-0.15, -0.1) is 0 Å². The Kier molecular flexibility index (Phi) is 5.57. The van der Waals surface area contributed by atoms with Crippen LogP contribution < -0.4 is 20.7 Å². The van der Waals surface area contributed by atoms with Crippen molar-refractivity contribution in [1.82, 2.24) is 5.32 Å². The second-order valence-corrected chi connectivity index (χ2v) is 4.79. The molecule has 2 aromatic carbocycles. The topological polar surface area (TPSA) is 79.5 Å². The fourth-order valence-electron chi connectivity index (χ4n) is 1.97. The summed E-state index contributed by atoms with van der Waals surface area (Å²) in [7, 11) is 3.16. The van der Waals surface area contributed by atoms with Crippen molar-refractivity contribution < 1.29 is 14.3 Å². The van der Waals surface area contributed by atoms with E-state index in [9.17, 15) is 9.59 Å². The van der Waals surface area contributed by atoms with Crippen LogP contribution in [-0.4, -0.2) is 32.5 Å². The molecule has 0 aliphatic carbocycles. The summed E-state index contributed by atoms with van der Waals surface area (Å²) in [6.07, 6.45) is 0. The largest absolute Gasteiger partial charge is 0.497 e. The molecule has 120 valence electrons. The number of amides is 2. The maximum absolute atomic E-state index is 11.9. The van der Waals surface area contributed by atoms with Crippen LogP contribution >= 0.6 is 0 Å². The summed E-state index contributed by atoms with van der Waals surface area (Å²) in [4.78, 5) is 23.4. The van der Waals surface area contributed by atoms with Crippen LogP contribution in [0.5, 0.6) is 5.75 Å². The molecule has 0 atom stereocenters. The van der Waals surface area contributed by atoms with Crippen molar-refractivity contribution in [2.24, 2.45) is 0 Å². The van der Waals surface area contributed by atoms with Crippen LogP contribution in [0.25, 0.3) is 0 Å². The summed E-state index contributed by atoms with van der Waals surface area (Å²) < 4.78 is 5.11. The first-order chi connectivity index (χ1) is 11.1. The predicted molar refractivity (Wildman–Crippen MR) is 89.9 cm³/mol. The molecular formula is C17H19N3O3. The molecule has 2 aromatic rings. The molecule has 0 fully saturated rings. The lowest BCUT2D eigenvalue weighted by Gasteiger charge is -2.09. The highest BCUT2D eigenvalue weighted by atomic mass is 16.5. The van der Waals surface area contributed by atoms with Crippen molar-refractivity contribution in [3.63, 3.8) is 0 Å². The van der Waals surface area contributed by atoms with Crippen LogP contribution in [0.4, 0.5) is 11.4 Å². The molecule has 6 heteroatoms. The number of methoxy groups -OCH3 is 1. The number of rotatable bonds is 6. The Balaban J connectivity index is 1.87. The van der Waals surface area contributed by atoms with Crippen LogP contribution in [-0.2, 0) is 4.79 Å². The molecule has 6 nitrogen and oxygen atoms in total. The van der Waals surface area contributed by atoms with Crippen LogP contribution in [0.15, 0.2) is 48.5 Å². The molecule has 2 amide bonds. The van der Waals surface area contributed by atoms with E-state index in [0.29, 0.717) is 17.0 Å². The Morgan fingerprint density at radius 2 is 1.78 bits per heavy atom. The van der Waals surface area contributed by atoms with Crippen LogP contribution in [0.1, 0.15) is 10.4 Å². The number of carbonyl (C=O) groups excluding carboxylic acids is 2. The third kappa shape index (κ3) is 4.74. The van der Waals surface area contributed by atoms with Gasteiger partial charge in [-0.3, -0.25) is 9.59 Å². The van der Waals surface area contributed by atoms with E-state index >= 15 is 0 Å². The normalized spacial score (nSPS) is 9.83. The van der Waals surface area contributed by atoms with Crippen molar-refractivity contribution in [3.05, 3.63) is 54.1 Å². The molecule has 0 saturated carbocycles. The van der Waals surface area contributed by atoms with Gasteiger partial charge in [-0.05, 0) is 36.4 Å². The number of benzene rings is 2. The van der Waals surface area contributed by atoms with E-state index in [1.165, 1.54) is 0 Å². The number of carbonyl (C=O) groups is 2. The summed E-state index contributed by atoms with van der Waals surface area (Å²) in [6.45, 7) is 0.122. The molecule has 0 aliphatic heterocycles. The second-order valence-electron chi connectivity index (χ2n) is 4.79. The van der Waals surface area contributed by atoms with Gasteiger partial charge in [-0.2, -0.15) is 0 Å². The predicted octanol–water partition coefficient (Wildman–Crippen LogP) is 2.11. The monoisotopic (exact) mass is 313 g/mol. The van der Waals surface area contributed by atoms with Gasteiger partial charge in [0.05, 0.1) is 13.7 Å². The van der Waals surface area contributed by atoms with Gasteiger partial charge in [0.15, 0.2) is 0 Å². The molecule has 0 radical (unpaired) electrons. The van der Waals surface area contributed by atoms with Gasteiger partial charge in [-0.1, -0.05) is 6.07 Å². The zero-order valence-corrected chi connectivity index (χ0v) is 13.1. The summed E-state index contributed by atoms with van der Waals surface area (Å²) in [6, 6.07) is 14.0. The van der Waals surface area contributed by atoms with E-state index in [4.69, 9.17) is 4.74 Å². The van der Waals surface area contributed by atoms with E-state index in [1.807, 2.05) is 6.07 Å². The molecule has 0 saturated heterocycles. The average molecular weight is 313 g/mol. The van der Waals surface area contributed by atoms with Gasteiger partial charge in [0.1, 0.15) is 5.75 Å². The lowest BCUT2D eigenvalue weighted by atomic mass is 10.2. The number of hydrogen-bond acceptors (Lipinski definition) is 4. The summed E-state index contributed by atoms with van der Waals surface area (Å²) in [5.41, 5.74) is 2.00. The van der Waals surface area contributed by atoms with Gasteiger partial charge < -0.3 is 20.7 Å². The number of ether oxygens (including phenoxy) is 1. The summed E-state index contributed by atoms with van der Waals surface area (Å²) in [5, 5.41) is 8.34. The van der Waals surface area contributed by atoms with Gasteiger partial charge in [-0.25, -0.2) is 0 Å². The SMILES string of the molecule is CNC(=O)c1ccc(NCC(=O)Nc2cccc(OC)c2)cc1. The third-order valence-electron chi connectivity index (χ3n) is 3.18. The highest BCUT2D eigenvalue weighted by Crippen LogP contribution is 2.16. The molecule has 23 heavy (non-hydrogen) atoms. The molecular weight excluding hydrogens is 294 g/mol. The number of hydrogen-bond donors (Lipinski definition) is 3. The van der Waals surface area contributed by atoms with E-state index in [-0.39, 0.29) is 18.4 Å². The van der Waals surface area contributed by atoms with Crippen molar-refractivity contribution in [2.45, 2.75) is 0 Å². The Morgan fingerprint density at radius 3 is 2.43 bits per heavy atom. The third-order valence-corrected chi connectivity index (χ3v) is 3.18. The Bertz CT molecular complexity index is 684. The molecule has 3 N–H and O–H groups in total. The number of anilines is 2. The van der Waals surface area contributed by atoms with Gasteiger partial charge in [0.2, 0.25) is 5.91 Å². The Morgan fingerprint density at radius 1 is 1.04 bits per heavy atom. The van der Waals surface area contributed by atoms with E-state index < -0.39 is 0 Å². The van der Waals surface area contributed by atoms with E-state index in [2.05, 4.69) is 16.0 Å². The standard InChI is InChI=1S/C17H19N3O3/c1-18-17(22)12-6-8-13(9-7-12)19-11-16(21)20-14-4-3-5-15(10-14)23-2/h3-10,19H,11H2,1-2H3,(H,18,22)(H,20,21). The van der Waals surface area contributed by atoms with Crippen LogP contribution in [0.3, 0.4) is 0 Å². The summed E-state index contributed by atoms with van der Waals surface area (Å²) in [5.74, 6) is 0.362. The molecule has 0 bridgehead atoms.